The lowest BCUT2D eigenvalue weighted by molar-refractivity contribution is -0.276. The van der Waals surface area contributed by atoms with Gasteiger partial charge in [-0.3, -0.25) is 4.79 Å². The first kappa shape index (κ1) is 30.2. The van der Waals surface area contributed by atoms with Crippen molar-refractivity contribution < 1.29 is 19.4 Å². The van der Waals surface area contributed by atoms with Gasteiger partial charge in [0, 0.05) is 30.1 Å². The summed E-state index contributed by atoms with van der Waals surface area (Å²) in [6, 6.07) is 34.0. The minimum atomic E-state index is -0.488. The van der Waals surface area contributed by atoms with E-state index in [1.165, 1.54) is 19.3 Å². The standard InChI is InChI=1S/C38H42N2O4/c1-27-35(25-40-22-8-3-9-23-40)43-38(44-36(27)30-16-14-28(26-41)15-17-30)32-20-18-29(19-21-32)34-13-7-6-12-33(34)24-39-37(42)31-10-4-2-5-11-31/h2,4-7,10-21,27,35-36,38,41H,3,8-9,22-26H2,1H3,(H,39,42)/t27-,35+,36+,38+/m1/s1. The van der Waals surface area contributed by atoms with Crippen molar-refractivity contribution in [1.29, 1.82) is 0 Å². The normalized spacial score (nSPS) is 22.4. The van der Waals surface area contributed by atoms with Gasteiger partial charge in [-0.1, -0.05) is 104 Å². The average molecular weight is 591 g/mol. The maximum Gasteiger partial charge on any atom is 0.251 e. The van der Waals surface area contributed by atoms with E-state index in [4.69, 9.17) is 9.47 Å². The Hall–Kier alpha value is -3.81. The number of aliphatic hydroxyl groups is 1. The van der Waals surface area contributed by atoms with Crippen LogP contribution in [-0.4, -0.2) is 41.7 Å². The number of hydrogen-bond acceptors (Lipinski definition) is 5. The summed E-state index contributed by atoms with van der Waals surface area (Å²) in [7, 11) is 0. The molecule has 1 amide bonds. The first-order chi connectivity index (χ1) is 21.6. The third kappa shape index (κ3) is 7.11. The maximum atomic E-state index is 12.7. The monoisotopic (exact) mass is 590 g/mol. The lowest BCUT2D eigenvalue weighted by Crippen LogP contribution is -2.45. The zero-order valence-electron chi connectivity index (χ0n) is 25.4. The van der Waals surface area contributed by atoms with E-state index in [1.807, 2.05) is 54.6 Å². The lowest BCUT2D eigenvalue weighted by Gasteiger charge is -2.43. The number of rotatable bonds is 9. The molecule has 6 nitrogen and oxygen atoms in total. The number of nitrogens with one attached hydrogen (secondary N) is 1. The number of carbonyl (C=O) groups is 1. The van der Waals surface area contributed by atoms with Gasteiger partial charge < -0.3 is 24.8 Å². The Balaban J connectivity index is 1.21. The van der Waals surface area contributed by atoms with Crippen LogP contribution >= 0.6 is 0 Å². The van der Waals surface area contributed by atoms with Gasteiger partial charge >= 0.3 is 0 Å². The van der Waals surface area contributed by atoms with Gasteiger partial charge in [0.2, 0.25) is 0 Å². The molecule has 2 fully saturated rings. The van der Waals surface area contributed by atoms with E-state index in [-0.39, 0.29) is 30.6 Å². The average Bonchev–Trinajstić information content (AvgIpc) is 3.09. The van der Waals surface area contributed by atoms with Crippen LogP contribution < -0.4 is 5.32 Å². The van der Waals surface area contributed by atoms with Crippen LogP contribution in [0.4, 0.5) is 0 Å². The summed E-state index contributed by atoms with van der Waals surface area (Å²) in [6.07, 6.45) is 3.21. The highest BCUT2D eigenvalue weighted by atomic mass is 16.7. The fourth-order valence-corrected chi connectivity index (χ4v) is 6.37. The first-order valence-corrected chi connectivity index (χ1v) is 15.8. The summed E-state index contributed by atoms with van der Waals surface area (Å²) >= 11 is 0. The van der Waals surface area contributed by atoms with Crippen molar-refractivity contribution in [3.8, 4) is 11.1 Å². The molecule has 0 radical (unpaired) electrons. The second kappa shape index (κ2) is 14.3. The van der Waals surface area contributed by atoms with Gasteiger partial charge in [-0.15, -0.1) is 0 Å². The van der Waals surface area contributed by atoms with Crippen LogP contribution in [0.3, 0.4) is 0 Å². The van der Waals surface area contributed by atoms with E-state index >= 15 is 0 Å². The van der Waals surface area contributed by atoms with Crippen molar-refractivity contribution in [1.82, 2.24) is 10.2 Å². The number of amides is 1. The van der Waals surface area contributed by atoms with Crippen LogP contribution in [0.1, 0.15) is 71.2 Å². The summed E-state index contributed by atoms with van der Waals surface area (Å²) in [5.41, 5.74) is 6.84. The minimum Gasteiger partial charge on any atom is -0.392 e. The van der Waals surface area contributed by atoms with Crippen LogP contribution in [0.5, 0.6) is 0 Å². The van der Waals surface area contributed by atoms with Crippen LogP contribution in [0.15, 0.2) is 103 Å². The first-order valence-electron chi connectivity index (χ1n) is 15.8. The highest BCUT2D eigenvalue weighted by Gasteiger charge is 2.39. The lowest BCUT2D eigenvalue weighted by atomic mass is 9.89. The predicted octanol–water partition coefficient (Wildman–Crippen LogP) is 7.05. The smallest absolute Gasteiger partial charge is 0.251 e. The van der Waals surface area contributed by atoms with E-state index < -0.39 is 6.29 Å². The quantitative estimate of drug-likeness (QED) is 0.219. The molecule has 0 saturated carbocycles. The molecule has 2 heterocycles. The predicted molar refractivity (Wildman–Crippen MR) is 173 cm³/mol. The second-order valence-corrected chi connectivity index (χ2v) is 12.0. The Morgan fingerprint density at radius 3 is 2.23 bits per heavy atom. The summed E-state index contributed by atoms with van der Waals surface area (Å²) < 4.78 is 13.4. The van der Waals surface area contributed by atoms with Crippen LogP contribution in [0.25, 0.3) is 11.1 Å². The molecular weight excluding hydrogens is 548 g/mol. The van der Waals surface area contributed by atoms with Crippen molar-refractivity contribution in [2.45, 2.75) is 57.8 Å². The molecule has 2 aliphatic rings. The van der Waals surface area contributed by atoms with Gasteiger partial charge in [-0.25, -0.2) is 0 Å². The molecule has 4 aromatic rings. The number of nitrogens with zero attached hydrogens (tertiary/aromatic N) is 1. The van der Waals surface area contributed by atoms with Gasteiger partial charge in [0.25, 0.3) is 5.91 Å². The largest absolute Gasteiger partial charge is 0.392 e. The molecular formula is C38H42N2O4. The fourth-order valence-electron chi connectivity index (χ4n) is 6.37. The molecule has 44 heavy (non-hydrogen) atoms. The van der Waals surface area contributed by atoms with Crippen molar-refractivity contribution in [2.75, 3.05) is 19.6 Å². The summed E-state index contributed by atoms with van der Waals surface area (Å²) in [5.74, 6) is 0.0848. The number of ether oxygens (including phenoxy) is 2. The number of likely N-dealkylation sites (tertiary alicyclic amines) is 1. The molecule has 2 aliphatic heterocycles. The Morgan fingerprint density at radius 2 is 1.50 bits per heavy atom. The Morgan fingerprint density at radius 1 is 0.818 bits per heavy atom. The summed E-state index contributed by atoms with van der Waals surface area (Å²) in [5, 5.41) is 12.6. The van der Waals surface area contributed by atoms with Crippen molar-refractivity contribution in [2.24, 2.45) is 5.92 Å². The molecule has 6 heteroatoms. The van der Waals surface area contributed by atoms with E-state index in [9.17, 15) is 9.90 Å². The zero-order chi connectivity index (χ0) is 30.3. The zero-order valence-corrected chi connectivity index (χ0v) is 25.4. The van der Waals surface area contributed by atoms with E-state index in [1.54, 1.807) is 0 Å². The molecule has 0 bridgehead atoms. The van der Waals surface area contributed by atoms with E-state index in [0.717, 1.165) is 53.0 Å². The Kier molecular flexibility index (Phi) is 9.83. The third-order valence-corrected chi connectivity index (χ3v) is 9.00. The van der Waals surface area contributed by atoms with Crippen LogP contribution in [0.2, 0.25) is 0 Å². The number of hydrogen-bond donors (Lipinski definition) is 2. The molecule has 4 atom stereocenters. The molecule has 6 rings (SSSR count). The van der Waals surface area contributed by atoms with Crippen LogP contribution in [-0.2, 0) is 22.6 Å². The van der Waals surface area contributed by atoms with Crippen LogP contribution in [0, 0.1) is 5.92 Å². The SMILES string of the molecule is C[C@@H]1[C@H](CN2CCCCC2)O[C@H](c2ccc(-c3ccccc3CNC(=O)c3ccccc3)cc2)O[C@@H]1c1ccc(CO)cc1. The van der Waals surface area contributed by atoms with Crippen molar-refractivity contribution in [3.05, 3.63) is 131 Å². The highest BCUT2D eigenvalue weighted by Crippen LogP contribution is 2.42. The highest BCUT2D eigenvalue weighted by molar-refractivity contribution is 5.94. The van der Waals surface area contributed by atoms with Crippen molar-refractivity contribution in [3.63, 3.8) is 0 Å². The van der Waals surface area contributed by atoms with Gasteiger partial charge in [0.05, 0.1) is 18.8 Å². The second-order valence-electron chi connectivity index (χ2n) is 12.0. The molecule has 2 N–H and O–H groups in total. The van der Waals surface area contributed by atoms with E-state index in [2.05, 4.69) is 65.7 Å². The molecule has 4 aromatic carbocycles. The van der Waals surface area contributed by atoms with E-state index in [0.29, 0.717) is 12.1 Å². The summed E-state index contributed by atoms with van der Waals surface area (Å²) in [6.45, 7) is 5.83. The minimum absolute atomic E-state index is 0.0273. The number of aliphatic hydroxyl groups excluding tert-OH is 1. The maximum absolute atomic E-state index is 12.7. The fraction of sp³-hybridized carbons (Fsp3) is 0.342. The molecule has 2 saturated heterocycles. The number of piperidine rings is 1. The topological polar surface area (TPSA) is 71.0 Å². The Labute approximate surface area is 260 Å². The van der Waals surface area contributed by atoms with Gasteiger partial charge in [-0.05, 0) is 65.9 Å². The number of carbonyl (C=O) groups excluding carboxylic acids is 1. The van der Waals surface area contributed by atoms with Gasteiger partial charge in [-0.2, -0.15) is 0 Å². The molecule has 0 aliphatic carbocycles. The summed E-state index contributed by atoms with van der Waals surface area (Å²) in [4.78, 5) is 15.2. The molecule has 0 aromatic heterocycles. The molecule has 228 valence electrons. The van der Waals surface area contributed by atoms with Gasteiger partial charge in [0.15, 0.2) is 6.29 Å². The van der Waals surface area contributed by atoms with Gasteiger partial charge in [0.1, 0.15) is 0 Å². The molecule has 0 spiro atoms. The third-order valence-electron chi connectivity index (χ3n) is 9.00. The Bertz CT molecular complexity index is 1500. The molecule has 0 unspecified atom stereocenters. The number of benzene rings is 4. The van der Waals surface area contributed by atoms with Crippen molar-refractivity contribution >= 4 is 5.91 Å².